The van der Waals surface area contributed by atoms with Crippen molar-refractivity contribution in [2.24, 2.45) is 0 Å². The molecule has 11 heavy (non-hydrogen) atoms. The molecule has 0 amide bonds. The zero-order chi connectivity index (χ0) is 7.42. The molecule has 1 N–H and O–H groups in total. The summed E-state index contributed by atoms with van der Waals surface area (Å²) in [6, 6.07) is 0. The molecule has 0 spiro atoms. The van der Waals surface area contributed by atoms with E-state index in [2.05, 4.69) is 19.6 Å². The maximum absolute atomic E-state index is 9.63. The lowest BCUT2D eigenvalue weighted by Crippen LogP contribution is -2.75. The fourth-order valence-electron chi connectivity index (χ4n) is 2.19. The van der Waals surface area contributed by atoms with Crippen LogP contribution in [0.5, 0.6) is 0 Å². The van der Waals surface area contributed by atoms with Gasteiger partial charge < -0.3 is 5.11 Å². The number of aliphatic hydroxyl groups is 1. The van der Waals surface area contributed by atoms with E-state index in [0.717, 1.165) is 33.3 Å². The molecule has 4 fully saturated rings. The van der Waals surface area contributed by atoms with Crippen LogP contribution in [0.3, 0.4) is 0 Å². The van der Waals surface area contributed by atoms with Gasteiger partial charge in [0.1, 0.15) is 0 Å². The summed E-state index contributed by atoms with van der Waals surface area (Å²) in [6.45, 7) is 4.77. The second kappa shape index (κ2) is 1.94. The summed E-state index contributed by atoms with van der Waals surface area (Å²) in [5.74, 6) is 0. The zero-order valence-corrected chi connectivity index (χ0v) is 6.35. The highest BCUT2D eigenvalue weighted by Crippen LogP contribution is 2.24. The summed E-state index contributed by atoms with van der Waals surface area (Å²) >= 11 is 0. The van der Waals surface area contributed by atoms with Gasteiger partial charge in [-0.3, -0.25) is 9.80 Å². The Morgan fingerprint density at radius 3 is 1.73 bits per heavy atom. The summed E-state index contributed by atoms with van der Waals surface area (Å²) in [4.78, 5) is 8.77. The van der Waals surface area contributed by atoms with Crippen LogP contribution in [0.4, 0.5) is 0 Å². The second-order valence-electron chi connectivity index (χ2n) is 3.57. The molecule has 5 nitrogen and oxygen atoms in total. The maximum Gasteiger partial charge on any atom is 0.169 e. The van der Waals surface area contributed by atoms with Gasteiger partial charge in [0.25, 0.3) is 0 Å². The van der Waals surface area contributed by atoms with Crippen molar-refractivity contribution < 1.29 is 5.11 Å². The molecule has 4 aliphatic heterocycles. The van der Waals surface area contributed by atoms with Gasteiger partial charge in [0.2, 0.25) is 0 Å². The Bertz CT molecular complexity index is 157. The van der Waals surface area contributed by atoms with Crippen molar-refractivity contribution >= 4 is 0 Å². The first kappa shape index (κ1) is 6.33. The van der Waals surface area contributed by atoms with Crippen LogP contribution in [0.1, 0.15) is 0 Å². The Kier molecular flexibility index (Phi) is 1.11. The van der Waals surface area contributed by atoms with Gasteiger partial charge in [-0.05, 0) is 0 Å². The van der Waals surface area contributed by atoms with Crippen molar-refractivity contribution in [1.82, 2.24) is 19.6 Å². The van der Waals surface area contributed by atoms with Gasteiger partial charge in [-0.2, -0.15) is 0 Å². The minimum atomic E-state index is -0.331. The molecule has 0 unspecified atom stereocenters. The lowest BCUT2D eigenvalue weighted by molar-refractivity contribution is -0.289. The van der Waals surface area contributed by atoms with E-state index >= 15 is 0 Å². The highest BCUT2D eigenvalue weighted by Gasteiger charge is 2.42. The van der Waals surface area contributed by atoms with E-state index in [0.29, 0.717) is 0 Å². The molecule has 0 radical (unpaired) electrons. The number of nitrogens with zero attached hydrogens (tertiary/aromatic N) is 4. The van der Waals surface area contributed by atoms with Crippen LogP contribution in [0, 0.1) is 0 Å². The maximum atomic E-state index is 9.63. The molecule has 0 aliphatic carbocycles. The van der Waals surface area contributed by atoms with E-state index < -0.39 is 0 Å². The minimum absolute atomic E-state index is 0.331. The molecular weight excluding hydrogens is 144 g/mol. The van der Waals surface area contributed by atoms with Crippen molar-refractivity contribution in [2.45, 2.75) is 6.35 Å². The van der Waals surface area contributed by atoms with E-state index in [1.165, 1.54) is 0 Å². The molecule has 0 aromatic heterocycles. The Morgan fingerprint density at radius 1 is 0.818 bits per heavy atom. The molecule has 0 saturated carbocycles. The zero-order valence-electron chi connectivity index (χ0n) is 6.35. The second-order valence-corrected chi connectivity index (χ2v) is 3.57. The largest absolute Gasteiger partial charge is 0.365 e. The van der Waals surface area contributed by atoms with Gasteiger partial charge in [-0.1, -0.05) is 0 Å². The third-order valence-corrected chi connectivity index (χ3v) is 2.58. The van der Waals surface area contributed by atoms with Crippen LogP contribution >= 0.6 is 0 Å². The van der Waals surface area contributed by atoms with E-state index in [1.807, 2.05) is 0 Å². The number of rotatable bonds is 0. The van der Waals surface area contributed by atoms with Crippen LogP contribution in [0.25, 0.3) is 0 Å². The van der Waals surface area contributed by atoms with Gasteiger partial charge in [0.05, 0.1) is 33.3 Å². The van der Waals surface area contributed by atoms with Crippen LogP contribution in [0.15, 0.2) is 0 Å². The van der Waals surface area contributed by atoms with Gasteiger partial charge in [0, 0.05) is 0 Å². The first-order valence-corrected chi connectivity index (χ1v) is 3.94. The fourth-order valence-corrected chi connectivity index (χ4v) is 2.19. The molecule has 0 atom stereocenters. The first-order valence-electron chi connectivity index (χ1n) is 3.94. The van der Waals surface area contributed by atoms with Gasteiger partial charge in [-0.25, -0.2) is 9.80 Å². The lowest BCUT2D eigenvalue weighted by atomic mass is 10.3. The van der Waals surface area contributed by atoms with Crippen molar-refractivity contribution in [1.29, 1.82) is 0 Å². The topological polar surface area (TPSA) is 33.2 Å². The fraction of sp³-hybridized carbons (Fsp3) is 1.00. The average molecular weight is 156 g/mol. The van der Waals surface area contributed by atoms with Crippen molar-refractivity contribution in [3.05, 3.63) is 0 Å². The average Bonchev–Trinajstić information content (AvgIpc) is 1.98. The molecule has 4 rings (SSSR count). The van der Waals surface area contributed by atoms with Gasteiger partial charge >= 0.3 is 0 Å². The molecule has 5 heteroatoms. The molecule has 4 aliphatic rings. The van der Waals surface area contributed by atoms with Crippen LogP contribution in [-0.2, 0) is 0 Å². The third-order valence-electron chi connectivity index (χ3n) is 2.58. The van der Waals surface area contributed by atoms with E-state index in [1.54, 1.807) is 0 Å². The summed E-state index contributed by atoms with van der Waals surface area (Å²) in [7, 11) is 0. The van der Waals surface area contributed by atoms with Gasteiger partial charge in [-0.15, -0.1) is 0 Å². The Labute approximate surface area is 65.4 Å². The number of hydrogen-bond donors (Lipinski definition) is 1. The summed E-state index contributed by atoms with van der Waals surface area (Å²) < 4.78 is 0. The SMILES string of the molecule is OC1N2CN3CN(C2)CN1C3. The smallest absolute Gasteiger partial charge is 0.169 e. The Hall–Kier alpha value is -0.200. The summed E-state index contributed by atoms with van der Waals surface area (Å²) in [5.41, 5.74) is 0. The third kappa shape index (κ3) is 0.771. The molecule has 4 bridgehead atoms. The molecule has 0 aromatic carbocycles. The van der Waals surface area contributed by atoms with E-state index in [4.69, 9.17) is 0 Å². The van der Waals surface area contributed by atoms with Crippen molar-refractivity contribution in [3.63, 3.8) is 0 Å². The molecule has 62 valence electrons. The summed E-state index contributed by atoms with van der Waals surface area (Å²) in [6.07, 6.45) is -0.331. The Balaban J connectivity index is 1.91. The number of aliphatic hydroxyl groups excluding tert-OH is 1. The molecule has 4 saturated heterocycles. The standard InChI is InChI=1S/C6H12N4O/c11-6-9-2-7-1-8(4-9)5-10(6)3-7/h6,11H,1-5H2. The molecule has 0 aromatic rings. The highest BCUT2D eigenvalue weighted by atomic mass is 16.3. The summed E-state index contributed by atoms with van der Waals surface area (Å²) in [5, 5.41) is 9.63. The number of hydrogen-bond acceptors (Lipinski definition) is 5. The first-order chi connectivity index (χ1) is 5.33. The van der Waals surface area contributed by atoms with Crippen molar-refractivity contribution in [3.8, 4) is 0 Å². The van der Waals surface area contributed by atoms with E-state index in [9.17, 15) is 5.11 Å². The van der Waals surface area contributed by atoms with E-state index in [-0.39, 0.29) is 6.35 Å². The highest BCUT2D eigenvalue weighted by molar-refractivity contribution is 4.82. The minimum Gasteiger partial charge on any atom is -0.365 e. The lowest BCUT2D eigenvalue weighted by Gasteiger charge is -2.58. The van der Waals surface area contributed by atoms with Crippen LogP contribution in [-0.4, -0.2) is 64.4 Å². The predicted octanol–water partition coefficient (Wildman–Crippen LogP) is -1.70. The predicted molar refractivity (Wildman–Crippen MR) is 37.7 cm³/mol. The normalized spacial score (nSPS) is 60.3. The van der Waals surface area contributed by atoms with Crippen molar-refractivity contribution in [2.75, 3.05) is 33.3 Å². The Morgan fingerprint density at radius 2 is 1.27 bits per heavy atom. The molecular formula is C6H12N4O. The van der Waals surface area contributed by atoms with Gasteiger partial charge in [0.15, 0.2) is 6.35 Å². The quantitative estimate of drug-likeness (QED) is 0.452. The molecule has 4 heterocycles. The van der Waals surface area contributed by atoms with Crippen LogP contribution < -0.4 is 0 Å². The monoisotopic (exact) mass is 156 g/mol. The van der Waals surface area contributed by atoms with Crippen LogP contribution in [0.2, 0.25) is 0 Å².